The highest BCUT2D eigenvalue weighted by atomic mass is 79.9. The van der Waals surface area contributed by atoms with Crippen LogP contribution in [0.1, 0.15) is 11.7 Å². The molecule has 1 heterocycles. The van der Waals surface area contributed by atoms with Gasteiger partial charge in [-0.15, -0.1) is 0 Å². The number of halogens is 1. The summed E-state index contributed by atoms with van der Waals surface area (Å²) in [4.78, 5) is 11.8. The quantitative estimate of drug-likeness (QED) is 0.620. The summed E-state index contributed by atoms with van der Waals surface area (Å²) in [5.74, 6) is 0.331. The van der Waals surface area contributed by atoms with E-state index in [9.17, 15) is 4.79 Å². The van der Waals surface area contributed by atoms with Crippen molar-refractivity contribution in [3.05, 3.63) is 29.8 Å². The summed E-state index contributed by atoms with van der Waals surface area (Å²) in [5, 5.41) is 0. The third-order valence-electron chi connectivity index (χ3n) is 2.82. The SMILES string of the molecule is COC(=O)C1(Br)COc2ccccc2C1OC. The summed E-state index contributed by atoms with van der Waals surface area (Å²) >= 11 is 3.39. The fraction of sp³-hybridized carbons (Fsp3) is 0.417. The standard InChI is InChI=1S/C12H13BrO4/c1-15-10-8-5-3-4-6-9(8)17-7-12(10,13)11(14)16-2/h3-6,10H,7H2,1-2H3. The van der Waals surface area contributed by atoms with Crippen molar-refractivity contribution in [1.29, 1.82) is 0 Å². The number of rotatable bonds is 2. The number of carbonyl (C=O) groups is 1. The van der Waals surface area contributed by atoms with Crippen LogP contribution in [0.3, 0.4) is 0 Å². The zero-order chi connectivity index (χ0) is 12.5. The smallest absolute Gasteiger partial charge is 0.329 e. The molecule has 92 valence electrons. The molecule has 1 aromatic rings. The van der Waals surface area contributed by atoms with Crippen molar-refractivity contribution in [1.82, 2.24) is 0 Å². The number of alkyl halides is 1. The third-order valence-corrected chi connectivity index (χ3v) is 3.78. The van der Waals surface area contributed by atoms with Gasteiger partial charge in [0.15, 0.2) is 4.32 Å². The predicted octanol–water partition coefficient (Wildman–Crippen LogP) is 2.07. The van der Waals surface area contributed by atoms with E-state index in [4.69, 9.17) is 14.2 Å². The van der Waals surface area contributed by atoms with Gasteiger partial charge in [0.05, 0.1) is 7.11 Å². The minimum Gasteiger partial charge on any atom is -0.491 e. The maximum atomic E-state index is 11.8. The first kappa shape index (κ1) is 12.4. The van der Waals surface area contributed by atoms with Gasteiger partial charge in [0.2, 0.25) is 0 Å². The number of hydrogen-bond acceptors (Lipinski definition) is 4. The normalized spacial score (nSPS) is 26.9. The molecule has 1 aliphatic heterocycles. The largest absolute Gasteiger partial charge is 0.491 e. The van der Waals surface area contributed by atoms with Crippen molar-refractivity contribution < 1.29 is 19.0 Å². The molecular weight excluding hydrogens is 288 g/mol. The van der Waals surface area contributed by atoms with E-state index in [0.29, 0.717) is 0 Å². The molecule has 0 fully saturated rings. The number of para-hydroxylation sites is 1. The van der Waals surface area contributed by atoms with E-state index >= 15 is 0 Å². The van der Waals surface area contributed by atoms with E-state index in [1.54, 1.807) is 7.11 Å². The van der Waals surface area contributed by atoms with E-state index < -0.39 is 16.4 Å². The second-order valence-electron chi connectivity index (χ2n) is 3.80. The first-order chi connectivity index (χ1) is 8.13. The lowest BCUT2D eigenvalue weighted by Crippen LogP contribution is -2.48. The molecule has 17 heavy (non-hydrogen) atoms. The van der Waals surface area contributed by atoms with Gasteiger partial charge in [-0.2, -0.15) is 0 Å². The Morgan fingerprint density at radius 3 is 2.82 bits per heavy atom. The van der Waals surface area contributed by atoms with E-state index in [2.05, 4.69) is 15.9 Å². The Morgan fingerprint density at radius 1 is 1.47 bits per heavy atom. The highest BCUT2D eigenvalue weighted by molar-refractivity contribution is 9.10. The van der Waals surface area contributed by atoms with Crippen LogP contribution in [0, 0.1) is 0 Å². The van der Waals surface area contributed by atoms with E-state index in [1.807, 2.05) is 24.3 Å². The first-order valence-corrected chi connectivity index (χ1v) is 5.94. The molecule has 5 heteroatoms. The van der Waals surface area contributed by atoms with Crippen molar-refractivity contribution in [2.45, 2.75) is 10.4 Å². The average molecular weight is 301 g/mol. The van der Waals surface area contributed by atoms with Crippen LogP contribution in [0.4, 0.5) is 0 Å². The van der Waals surface area contributed by atoms with Gasteiger partial charge < -0.3 is 14.2 Å². The highest BCUT2D eigenvalue weighted by Crippen LogP contribution is 2.45. The van der Waals surface area contributed by atoms with Gasteiger partial charge >= 0.3 is 5.97 Å². The Labute approximate surface area is 108 Å². The number of fused-ring (bicyclic) bond motifs is 1. The van der Waals surface area contributed by atoms with Crippen LogP contribution in [0.2, 0.25) is 0 Å². The second kappa shape index (κ2) is 4.66. The van der Waals surface area contributed by atoms with Crippen LogP contribution >= 0.6 is 15.9 Å². The minimum absolute atomic E-state index is 0.176. The van der Waals surface area contributed by atoms with Crippen molar-refractivity contribution in [2.24, 2.45) is 0 Å². The zero-order valence-electron chi connectivity index (χ0n) is 9.60. The van der Waals surface area contributed by atoms with Crippen LogP contribution in [0.5, 0.6) is 5.75 Å². The monoisotopic (exact) mass is 300 g/mol. The Balaban J connectivity index is 2.45. The van der Waals surface area contributed by atoms with Crippen molar-refractivity contribution >= 4 is 21.9 Å². The lowest BCUT2D eigenvalue weighted by molar-refractivity contribution is -0.149. The van der Waals surface area contributed by atoms with Crippen LogP contribution in [-0.4, -0.2) is 31.1 Å². The number of ether oxygens (including phenoxy) is 3. The maximum Gasteiger partial charge on any atom is 0.329 e. The molecule has 2 unspecified atom stereocenters. The van der Waals surface area contributed by atoms with Crippen molar-refractivity contribution in [3.8, 4) is 5.75 Å². The van der Waals surface area contributed by atoms with Crippen LogP contribution in [0.25, 0.3) is 0 Å². The Bertz CT molecular complexity index is 434. The number of methoxy groups -OCH3 is 2. The van der Waals surface area contributed by atoms with Gasteiger partial charge in [0.1, 0.15) is 18.5 Å². The molecule has 0 saturated heterocycles. The molecule has 2 atom stereocenters. The summed E-state index contributed by atoms with van der Waals surface area (Å²) in [6, 6.07) is 7.49. The summed E-state index contributed by atoms with van der Waals surface area (Å²) < 4.78 is 14.8. The van der Waals surface area contributed by atoms with E-state index in [-0.39, 0.29) is 6.61 Å². The Hall–Kier alpha value is -1.07. The summed E-state index contributed by atoms with van der Waals surface area (Å²) in [6.45, 7) is 0.176. The van der Waals surface area contributed by atoms with Gasteiger partial charge in [-0.1, -0.05) is 34.1 Å². The molecule has 0 radical (unpaired) electrons. The first-order valence-electron chi connectivity index (χ1n) is 5.15. The van der Waals surface area contributed by atoms with Crippen LogP contribution in [0.15, 0.2) is 24.3 Å². The number of esters is 1. The van der Waals surface area contributed by atoms with Crippen molar-refractivity contribution in [2.75, 3.05) is 20.8 Å². The van der Waals surface area contributed by atoms with E-state index in [0.717, 1.165) is 11.3 Å². The van der Waals surface area contributed by atoms with Gasteiger partial charge in [-0.05, 0) is 6.07 Å². The van der Waals surface area contributed by atoms with E-state index in [1.165, 1.54) is 7.11 Å². The average Bonchev–Trinajstić information content (AvgIpc) is 2.37. The highest BCUT2D eigenvalue weighted by Gasteiger charge is 2.50. The zero-order valence-corrected chi connectivity index (χ0v) is 11.2. The molecule has 4 nitrogen and oxygen atoms in total. The topological polar surface area (TPSA) is 44.8 Å². The fourth-order valence-corrected chi connectivity index (χ4v) is 2.69. The van der Waals surface area contributed by atoms with Crippen LogP contribution in [-0.2, 0) is 14.3 Å². The van der Waals surface area contributed by atoms with Gasteiger partial charge in [0.25, 0.3) is 0 Å². The summed E-state index contributed by atoms with van der Waals surface area (Å²) in [7, 11) is 2.91. The third kappa shape index (κ3) is 1.93. The lowest BCUT2D eigenvalue weighted by atomic mass is 9.93. The number of benzene rings is 1. The number of hydrogen-bond donors (Lipinski definition) is 0. The predicted molar refractivity (Wildman–Crippen MR) is 65.4 cm³/mol. The Morgan fingerprint density at radius 2 is 2.18 bits per heavy atom. The molecule has 0 spiro atoms. The molecule has 0 saturated carbocycles. The molecule has 0 amide bonds. The van der Waals surface area contributed by atoms with Gasteiger partial charge in [0, 0.05) is 12.7 Å². The number of carbonyl (C=O) groups excluding carboxylic acids is 1. The molecular formula is C12H13BrO4. The lowest BCUT2D eigenvalue weighted by Gasteiger charge is -2.37. The minimum atomic E-state index is -0.995. The van der Waals surface area contributed by atoms with Crippen molar-refractivity contribution in [3.63, 3.8) is 0 Å². The Kier molecular flexibility index (Phi) is 3.40. The summed E-state index contributed by atoms with van der Waals surface area (Å²) in [6.07, 6.45) is -0.431. The molecule has 1 aromatic carbocycles. The maximum absolute atomic E-state index is 11.8. The molecule has 0 N–H and O–H groups in total. The molecule has 0 bridgehead atoms. The van der Waals surface area contributed by atoms with Gasteiger partial charge in [-0.25, -0.2) is 0 Å². The molecule has 0 aliphatic carbocycles. The molecule has 0 aromatic heterocycles. The fourth-order valence-electron chi connectivity index (χ4n) is 1.98. The summed E-state index contributed by atoms with van der Waals surface area (Å²) in [5.41, 5.74) is 0.837. The second-order valence-corrected chi connectivity index (χ2v) is 5.21. The van der Waals surface area contributed by atoms with Gasteiger partial charge in [-0.3, -0.25) is 4.79 Å². The molecule has 2 rings (SSSR count). The van der Waals surface area contributed by atoms with Crippen LogP contribution < -0.4 is 4.74 Å². The molecule has 1 aliphatic rings.